The lowest BCUT2D eigenvalue weighted by molar-refractivity contribution is -0.154. The summed E-state index contributed by atoms with van der Waals surface area (Å²) in [5, 5.41) is 0. The van der Waals surface area contributed by atoms with Crippen LogP contribution in [0.15, 0.2) is 54.6 Å². The molecule has 2 heteroatoms. The number of ether oxygens (including phenoxy) is 1. The molecule has 0 aromatic heterocycles. The summed E-state index contributed by atoms with van der Waals surface area (Å²) < 4.78 is 5.45. The fourth-order valence-corrected chi connectivity index (χ4v) is 2.29. The van der Waals surface area contributed by atoms with Crippen molar-refractivity contribution in [3.05, 3.63) is 60.2 Å². The maximum absolute atomic E-state index is 11.3. The normalized spacial score (nSPS) is 11.1. The van der Waals surface area contributed by atoms with Crippen molar-refractivity contribution in [3.8, 4) is 11.1 Å². The van der Waals surface area contributed by atoms with E-state index >= 15 is 0 Å². The molecule has 0 spiro atoms. The Bertz CT molecular complexity index is 571. The third-order valence-corrected chi connectivity index (χ3v) is 3.06. The maximum atomic E-state index is 11.3. The molecule has 0 amide bonds. The smallest absolute Gasteiger partial charge is 0.303 e. The molecule has 0 fully saturated rings. The van der Waals surface area contributed by atoms with E-state index in [9.17, 15) is 4.79 Å². The Labute approximate surface area is 114 Å². The SMILES string of the molecule is CC(=O)OC(C)(C)c1ccccc1-c1ccccc1. The van der Waals surface area contributed by atoms with Crippen molar-refractivity contribution in [1.29, 1.82) is 0 Å². The van der Waals surface area contributed by atoms with Crippen LogP contribution >= 0.6 is 0 Å². The monoisotopic (exact) mass is 254 g/mol. The van der Waals surface area contributed by atoms with Gasteiger partial charge in [-0.25, -0.2) is 0 Å². The first-order valence-corrected chi connectivity index (χ1v) is 6.35. The molecule has 0 radical (unpaired) electrons. The molecule has 0 bridgehead atoms. The molecule has 2 aromatic rings. The van der Waals surface area contributed by atoms with Crippen LogP contribution in [0.25, 0.3) is 11.1 Å². The Morgan fingerprint density at radius 2 is 1.53 bits per heavy atom. The maximum Gasteiger partial charge on any atom is 0.303 e. The second-order valence-corrected chi connectivity index (χ2v) is 5.02. The third-order valence-electron chi connectivity index (χ3n) is 3.06. The van der Waals surface area contributed by atoms with Gasteiger partial charge in [-0.2, -0.15) is 0 Å². The largest absolute Gasteiger partial charge is 0.455 e. The van der Waals surface area contributed by atoms with Crippen molar-refractivity contribution in [2.24, 2.45) is 0 Å². The number of rotatable bonds is 3. The van der Waals surface area contributed by atoms with Crippen LogP contribution in [-0.4, -0.2) is 5.97 Å². The van der Waals surface area contributed by atoms with E-state index in [0.29, 0.717) is 0 Å². The van der Waals surface area contributed by atoms with Gasteiger partial charge in [0.2, 0.25) is 0 Å². The van der Waals surface area contributed by atoms with E-state index < -0.39 is 5.60 Å². The van der Waals surface area contributed by atoms with Crippen LogP contribution in [0.4, 0.5) is 0 Å². The Balaban J connectivity index is 2.50. The van der Waals surface area contributed by atoms with Gasteiger partial charge in [0.25, 0.3) is 0 Å². The van der Waals surface area contributed by atoms with E-state index in [2.05, 4.69) is 18.2 Å². The van der Waals surface area contributed by atoms with Crippen molar-refractivity contribution in [2.75, 3.05) is 0 Å². The zero-order chi connectivity index (χ0) is 13.9. The van der Waals surface area contributed by atoms with Gasteiger partial charge in [-0.05, 0) is 25.0 Å². The zero-order valence-corrected chi connectivity index (χ0v) is 11.5. The summed E-state index contributed by atoms with van der Waals surface area (Å²) in [6, 6.07) is 18.1. The predicted molar refractivity (Wildman–Crippen MR) is 76.7 cm³/mol. The van der Waals surface area contributed by atoms with Gasteiger partial charge in [0.1, 0.15) is 5.60 Å². The van der Waals surface area contributed by atoms with Crippen molar-refractivity contribution in [1.82, 2.24) is 0 Å². The van der Waals surface area contributed by atoms with Gasteiger partial charge in [0.15, 0.2) is 0 Å². The van der Waals surface area contributed by atoms with Gasteiger partial charge in [-0.3, -0.25) is 4.79 Å². The van der Waals surface area contributed by atoms with E-state index in [1.54, 1.807) is 0 Å². The molecule has 0 aliphatic heterocycles. The lowest BCUT2D eigenvalue weighted by Crippen LogP contribution is -2.25. The lowest BCUT2D eigenvalue weighted by Gasteiger charge is -2.27. The van der Waals surface area contributed by atoms with E-state index in [1.807, 2.05) is 50.2 Å². The average Bonchev–Trinajstić information content (AvgIpc) is 2.38. The van der Waals surface area contributed by atoms with Crippen LogP contribution in [0.3, 0.4) is 0 Å². The Morgan fingerprint density at radius 3 is 2.16 bits per heavy atom. The van der Waals surface area contributed by atoms with Crippen molar-refractivity contribution in [2.45, 2.75) is 26.4 Å². The van der Waals surface area contributed by atoms with Gasteiger partial charge >= 0.3 is 5.97 Å². The number of carbonyl (C=O) groups is 1. The topological polar surface area (TPSA) is 26.3 Å². The first kappa shape index (κ1) is 13.3. The first-order chi connectivity index (χ1) is 9.00. The summed E-state index contributed by atoms with van der Waals surface area (Å²) in [5.74, 6) is -0.270. The average molecular weight is 254 g/mol. The second-order valence-electron chi connectivity index (χ2n) is 5.02. The molecule has 0 aliphatic carbocycles. The number of esters is 1. The molecule has 0 unspecified atom stereocenters. The molecular formula is C17H18O2. The highest BCUT2D eigenvalue weighted by Gasteiger charge is 2.26. The van der Waals surface area contributed by atoms with E-state index in [0.717, 1.165) is 16.7 Å². The molecule has 2 nitrogen and oxygen atoms in total. The highest BCUT2D eigenvalue weighted by molar-refractivity contribution is 5.70. The number of carbonyl (C=O) groups excluding carboxylic acids is 1. The Hall–Kier alpha value is -2.09. The minimum Gasteiger partial charge on any atom is -0.455 e. The molecule has 0 N–H and O–H groups in total. The third kappa shape index (κ3) is 3.02. The number of hydrogen-bond acceptors (Lipinski definition) is 2. The first-order valence-electron chi connectivity index (χ1n) is 6.35. The summed E-state index contributed by atoms with van der Waals surface area (Å²) in [6.45, 7) is 5.26. The van der Waals surface area contributed by atoms with Crippen LogP contribution in [0.1, 0.15) is 26.3 Å². The van der Waals surface area contributed by atoms with Gasteiger partial charge in [-0.1, -0.05) is 54.6 Å². The minimum absolute atomic E-state index is 0.270. The molecule has 0 aliphatic rings. The van der Waals surface area contributed by atoms with Crippen LogP contribution in [-0.2, 0) is 15.1 Å². The summed E-state index contributed by atoms with van der Waals surface area (Å²) in [4.78, 5) is 11.3. The molecule has 0 saturated heterocycles. The second kappa shape index (κ2) is 5.27. The van der Waals surface area contributed by atoms with Gasteiger partial charge in [0, 0.05) is 12.5 Å². The molecular weight excluding hydrogens is 236 g/mol. The fourth-order valence-electron chi connectivity index (χ4n) is 2.29. The molecule has 2 aromatic carbocycles. The van der Waals surface area contributed by atoms with Crippen molar-refractivity contribution < 1.29 is 9.53 Å². The molecule has 19 heavy (non-hydrogen) atoms. The van der Waals surface area contributed by atoms with Crippen LogP contribution in [0, 0.1) is 0 Å². The quantitative estimate of drug-likeness (QED) is 0.769. The van der Waals surface area contributed by atoms with Crippen LogP contribution < -0.4 is 0 Å². The van der Waals surface area contributed by atoms with E-state index in [-0.39, 0.29) is 5.97 Å². The minimum atomic E-state index is -0.641. The summed E-state index contributed by atoms with van der Waals surface area (Å²) in [6.07, 6.45) is 0. The highest BCUT2D eigenvalue weighted by atomic mass is 16.6. The van der Waals surface area contributed by atoms with Crippen LogP contribution in [0.2, 0.25) is 0 Å². The Kier molecular flexibility index (Phi) is 3.70. The molecule has 0 atom stereocenters. The van der Waals surface area contributed by atoms with E-state index in [4.69, 9.17) is 4.74 Å². The molecule has 98 valence electrons. The van der Waals surface area contributed by atoms with Crippen molar-refractivity contribution in [3.63, 3.8) is 0 Å². The molecule has 2 rings (SSSR count). The van der Waals surface area contributed by atoms with Gasteiger partial charge < -0.3 is 4.74 Å². The fraction of sp³-hybridized carbons (Fsp3) is 0.235. The highest BCUT2D eigenvalue weighted by Crippen LogP contribution is 2.33. The van der Waals surface area contributed by atoms with Gasteiger partial charge in [0.05, 0.1) is 0 Å². The van der Waals surface area contributed by atoms with Gasteiger partial charge in [-0.15, -0.1) is 0 Å². The van der Waals surface area contributed by atoms with Crippen molar-refractivity contribution >= 4 is 5.97 Å². The molecule has 0 saturated carbocycles. The Morgan fingerprint density at radius 1 is 0.947 bits per heavy atom. The lowest BCUT2D eigenvalue weighted by atomic mass is 9.89. The number of hydrogen-bond donors (Lipinski definition) is 0. The summed E-state index contributed by atoms with van der Waals surface area (Å²) in [5.41, 5.74) is 2.59. The zero-order valence-electron chi connectivity index (χ0n) is 11.5. The molecule has 0 heterocycles. The number of benzene rings is 2. The van der Waals surface area contributed by atoms with Crippen LogP contribution in [0.5, 0.6) is 0 Å². The standard InChI is InChI=1S/C17H18O2/c1-13(18)19-17(2,3)16-12-8-7-11-15(16)14-9-5-4-6-10-14/h4-12H,1-3H3. The predicted octanol–water partition coefficient (Wildman–Crippen LogP) is 4.15. The van der Waals surface area contributed by atoms with E-state index in [1.165, 1.54) is 6.92 Å². The summed E-state index contributed by atoms with van der Waals surface area (Å²) in [7, 11) is 0. The summed E-state index contributed by atoms with van der Waals surface area (Å²) >= 11 is 0.